The number of hydrogen-bond donors (Lipinski definition) is 3. The van der Waals surface area contributed by atoms with E-state index < -0.39 is 0 Å². The first-order valence-electron chi connectivity index (χ1n) is 6.95. The van der Waals surface area contributed by atoms with Gasteiger partial charge >= 0.3 is 6.03 Å². The van der Waals surface area contributed by atoms with E-state index in [2.05, 4.69) is 10.6 Å². The molecule has 1 aliphatic rings. The monoisotopic (exact) mass is 242 g/mol. The minimum Gasteiger partial charge on any atom is -0.396 e. The van der Waals surface area contributed by atoms with Gasteiger partial charge in [-0.3, -0.25) is 0 Å². The molecule has 0 aromatic heterocycles. The molecule has 1 aliphatic carbocycles. The van der Waals surface area contributed by atoms with E-state index in [0.29, 0.717) is 13.0 Å². The lowest BCUT2D eigenvalue weighted by Gasteiger charge is -2.21. The van der Waals surface area contributed by atoms with Crippen LogP contribution in [0.1, 0.15) is 51.4 Å². The summed E-state index contributed by atoms with van der Waals surface area (Å²) in [6.45, 7) is 1.44. The Morgan fingerprint density at radius 2 is 1.71 bits per heavy atom. The number of aliphatic hydroxyl groups excluding tert-OH is 1. The number of aliphatic hydroxyl groups is 1. The van der Waals surface area contributed by atoms with E-state index >= 15 is 0 Å². The maximum Gasteiger partial charge on any atom is 0.314 e. The number of amides is 2. The van der Waals surface area contributed by atoms with Crippen LogP contribution in [0.3, 0.4) is 0 Å². The summed E-state index contributed by atoms with van der Waals surface area (Å²) in [5.74, 6) is 0.892. The maximum absolute atomic E-state index is 11.3. The first-order chi connectivity index (χ1) is 8.33. The predicted octanol–water partition coefficient (Wildman–Crippen LogP) is 2.03. The first kappa shape index (κ1) is 14.3. The Morgan fingerprint density at radius 3 is 2.35 bits per heavy atom. The zero-order chi connectivity index (χ0) is 12.3. The van der Waals surface area contributed by atoms with Crippen LogP contribution in [0.25, 0.3) is 0 Å². The van der Waals surface area contributed by atoms with E-state index in [0.717, 1.165) is 18.9 Å². The largest absolute Gasteiger partial charge is 0.396 e. The molecule has 4 heteroatoms. The van der Waals surface area contributed by atoms with Crippen LogP contribution in [0.15, 0.2) is 0 Å². The molecule has 0 heterocycles. The lowest BCUT2D eigenvalue weighted by molar-refractivity contribution is 0.237. The van der Waals surface area contributed by atoms with Crippen molar-refractivity contribution in [1.29, 1.82) is 0 Å². The molecule has 0 unspecified atom stereocenters. The Kier molecular flexibility index (Phi) is 7.80. The summed E-state index contributed by atoms with van der Waals surface area (Å²) in [7, 11) is 0. The highest BCUT2D eigenvalue weighted by Crippen LogP contribution is 2.26. The molecule has 0 atom stereocenters. The van der Waals surface area contributed by atoms with Crippen LogP contribution in [-0.4, -0.2) is 30.8 Å². The molecule has 0 radical (unpaired) electrons. The van der Waals surface area contributed by atoms with Crippen molar-refractivity contribution >= 4 is 6.03 Å². The van der Waals surface area contributed by atoms with Crippen LogP contribution >= 0.6 is 0 Å². The Morgan fingerprint density at radius 1 is 1.06 bits per heavy atom. The predicted molar refractivity (Wildman–Crippen MR) is 68.9 cm³/mol. The third kappa shape index (κ3) is 7.21. The number of urea groups is 1. The van der Waals surface area contributed by atoms with Crippen LogP contribution in [0.4, 0.5) is 4.79 Å². The number of carbonyl (C=O) groups excluding carboxylic acids is 1. The molecule has 0 aromatic rings. The average molecular weight is 242 g/mol. The van der Waals surface area contributed by atoms with Crippen molar-refractivity contribution in [2.45, 2.75) is 51.4 Å². The fourth-order valence-electron chi connectivity index (χ4n) is 2.41. The van der Waals surface area contributed by atoms with Crippen molar-refractivity contribution in [1.82, 2.24) is 10.6 Å². The summed E-state index contributed by atoms with van der Waals surface area (Å²) in [5, 5.41) is 14.1. The SMILES string of the molecule is O=C(NCCCO)NCCCC1CCCCC1. The van der Waals surface area contributed by atoms with Crippen LogP contribution < -0.4 is 10.6 Å². The molecule has 0 aromatic carbocycles. The van der Waals surface area contributed by atoms with Gasteiger partial charge in [-0.2, -0.15) is 0 Å². The first-order valence-corrected chi connectivity index (χ1v) is 6.95. The number of nitrogens with one attached hydrogen (secondary N) is 2. The molecule has 1 saturated carbocycles. The van der Waals surface area contributed by atoms with E-state index in [1.54, 1.807) is 0 Å². The lowest BCUT2D eigenvalue weighted by Crippen LogP contribution is -2.36. The van der Waals surface area contributed by atoms with Crippen LogP contribution in [0.2, 0.25) is 0 Å². The Hall–Kier alpha value is -0.770. The van der Waals surface area contributed by atoms with Gasteiger partial charge in [0.25, 0.3) is 0 Å². The molecular formula is C13H26N2O2. The second-order valence-corrected chi connectivity index (χ2v) is 4.91. The van der Waals surface area contributed by atoms with Crippen molar-refractivity contribution in [2.24, 2.45) is 5.92 Å². The van der Waals surface area contributed by atoms with Crippen molar-refractivity contribution in [3.05, 3.63) is 0 Å². The third-order valence-electron chi connectivity index (χ3n) is 3.42. The van der Waals surface area contributed by atoms with E-state index in [-0.39, 0.29) is 12.6 Å². The standard InChI is InChI=1S/C13H26N2O2/c16-11-5-10-15-13(17)14-9-4-8-12-6-2-1-3-7-12/h12,16H,1-11H2,(H2,14,15,17). The summed E-state index contributed by atoms with van der Waals surface area (Å²) in [6.07, 6.45) is 9.89. The van der Waals surface area contributed by atoms with Gasteiger partial charge in [0.2, 0.25) is 0 Å². The van der Waals surface area contributed by atoms with Crippen molar-refractivity contribution in [3.8, 4) is 0 Å². The normalized spacial score (nSPS) is 16.8. The van der Waals surface area contributed by atoms with E-state index in [1.165, 1.54) is 38.5 Å². The molecule has 2 amide bonds. The highest BCUT2D eigenvalue weighted by molar-refractivity contribution is 5.73. The molecule has 0 saturated heterocycles. The minimum absolute atomic E-state index is 0.109. The van der Waals surface area contributed by atoms with E-state index in [4.69, 9.17) is 5.11 Å². The van der Waals surface area contributed by atoms with Gasteiger partial charge in [0.1, 0.15) is 0 Å². The highest BCUT2D eigenvalue weighted by Gasteiger charge is 2.12. The fourth-order valence-corrected chi connectivity index (χ4v) is 2.41. The van der Waals surface area contributed by atoms with Gasteiger partial charge < -0.3 is 15.7 Å². The van der Waals surface area contributed by atoms with Gasteiger partial charge in [-0.05, 0) is 25.2 Å². The molecule has 17 heavy (non-hydrogen) atoms. The summed E-state index contributed by atoms with van der Waals surface area (Å²) < 4.78 is 0. The summed E-state index contributed by atoms with van der Waals surface area (Å²) in [5.41, 5.74) is 0. The molecule has 3 N–H and O–H groups in total. The Bertz CT molecular complexity index is 204. The van der Waals surface area contributed by atoms with Crippen molar-refractivity contribution in [3.63, 3.8) is 0 Å². The van der Waals surface area contributed by atoms with Crippen LogP contribution in [0.5, 0.6) is 0 Å². The molecule has 1 rings (SSSR count). The number of hydrogen-bond acceptors (Lipinski definition) is 2. The second kappa shape index (κ2) is 9.28. The number of carbonyl (C=O) groups is 1. The van der Waals surface area contributed by atoms with Crippen LogP contribution in [-0.2, 0) is 0 Å². The van der Waals surface area contributed by atoms with Gasteiger partial charge in [0, 0.05) is 19.7 Å². The Balaban J connectivity index is 1.90. The number of rotatable bonds is 7. The average Bonchev–Trinajstić information content (AvgIpc) is 2.36. The lowest BCUT2D eigenvalue weighted by atomic mass is 9.86. The molecule has 0 aliphatic heterocycles. The van der Waals surface area contributed by atoms with Crippen LogP contribution in [0, 0.1) is 5.92 Å². The molecule has 100 valence electrons. The molecule has 4 nitrogen and oxygen atoms in total. The summed E-state index contributed by atoms with van der Waals surface area (Å²) in [4.78, 5) is 11.3. The van der Waals surface area contributed by atoms with Crippen molar-refractivity contribution < 1.29 is 9.90 Å². The van der Waals surface area contributed by atoms with Gasteiger partial charge in [-0.25, -0.2) is 4.79 Å². The topological polar surface area (TPSA) is 61.4 Å². The molecule has 0 spiro atoms. The summed E-state index contributed by atoms with van der Waals surface area (Å²) >= 11 is 0. The molecular weight excluding hydrogens is 216 g/mol. The second-order valence-electron chi connectivity index (χ2n) is 4.91. The maximum atomic E-state index is 11.3. The van der Waals surface area contributed by atoms with E-state index in [9.17, 15) is 4.79 Å². The zero-order valence-corrected chi connectivity index (χ0v) is 10.7. The smallest absolute Gasteiger partial charge is 0.314 e. The van der Waals surface area contributed by atoms with Gasteiger partial charge in [0.05, 0.1) is 0 Å². The van der Waals surface area contributed by atoms with E-state index in [1.807, 2.05) is 0 Å². The third-order valence-corrected chi connectivity index (χ3v) is 3.42. The quantitative estimate of drug-likeness (QED) is 0.598. The highest BCUT2D eigenvalue weighted by atomic mass is 16.3. The zero-order valence-electron chi connectivity index (χ0n) is 10.7. The molecule has 1 fully saturated rings. The fraction of sp³-hybridized carbons (Fsp3) is 0.923. The van der Waals surface area contributed by atoms with Crippen molar-refractivity contribution in [2.75, 3.05) is 19.7 Å². The van der Waals surface area contributed by atoms with Gasteiger partial charge in [0.15, 0.2) is 0 Å². The van der Waals surface area contributed by atoms with Gasteiger partial charge in [-0.1, -0.05) is 32.1 Å². The van der Waals surface area contributed by atoms with Gasteiger partial charge in [-0.15, -0.1) is 0 Å². The minimum atomic E-state index is -0.109. The molecule has 0 bridgehead atoms. The summed E-state index contributed by atoms with van der Waals surface area (Å²) in [6, 6.07) is -0.109. The Labute approximate surface area is 104 Å².